The maximum atomic E-state index is 12.1. The highest BCUT2D eigenvalue weighted by Gasteiger charge is 2.32. The molecule has 0 unspecified atom stereocenters. The van der Waals surface area contributed by atoms with Crippen LogP contribution in [0, 0.1) is 6.92 Å². The lowest BCUT2D eigenvalue weighted by Gasteiger charge is -2.12. The molecule has 0 bridgehead atoms. The topological polar surface area (TPSA) is 112 Å². The summed E-state index contributed by atoms with van der Waals surface area (Å²) in [5.41, 5.74) is 16.2. The van der Waals surface area contributed by atoms with Gasteiger partial charge in [0.25, 0.3) is 0 Å². The lowest BCUT2D eigenvalue weighted by molar-refractivity contribution is -0.274. The molecule has 0 saturated carbocycles. The number of nitrogens with zero attached hydrogens (tertiary/aromatic N) is 2. The van der Waals surface area contributed by atoms with Crippen LogP contribution in [-0.2, 0) is 0 Å². The lowest BCUT2D eigenvalue weighted by Crippen LogP contribution is -2.26. The van der Waals surface area contributed by atoms with Crippen molar-refractivity contribution in [2.45, 2.75) is 13.3 Å². The molecule has 0 fully saturated rings. The van der Waals surface area contributed by atoms with E-state index in [9.17, 15) is 13.2 Å². The Kier molecular flexibility index (Phi) is 4.66. The van der Waals surface area contributed by atoms with Gasteiger partial charge < -0.3 is 21.9 Å². The van der Waals surface area contributed by atoms with Crippen LogP contribution in [0.4, 0.5) is 18.9 Å². The van der Waals surface area contributed by atoms with E-state index in [0.717, 1.165) is 12.1 Å². The summed E-state index contributed by atoms with van der Waals surface area (Å²) in [5.74, 6) is -1.09. The van der Waals surface area contributed by atoms with E-state index in [0.29, 0.717) is 5.56 Å². The molecule has 0 aromatic heterocycles. The molecule has 1 aromatic carbocycles. The van der Waals surface area contributed by atoms with E-state index in [1.807, 2.05) is 0 Å². The first-order valence-corrected chi connectivity index (χ1v) is 5.46. The summed E-state index contributed by atoms with van der Waals surface area (Å²) in [6.07, 6.45) is -4.84. The van der Waals surface area contributed by atoms with Gasteiger partial charge in [0.15, 0.2) is 5.96 Å². The Morgan fingerprint density at radius 1 is 1.25 bits per heavy atom. The van der Waals surface area contributed by atoms with Crippen molar-refractivity contribution in [3.63, 3.8) is 0 Å². The minimum absolute atomic E-state index is 0.215. The molecule has 20 heavy (non-hydrogen) atoms. The average molecular weight is 310 g/mol. The predicted octanol–water partition coefficient (Wildman–Crippen LogP) is 1.77. The van der Waals surface area contributed by atoms with Crippen molar-refractivity contribution in [2.75, 3.05) is 0 Å². The Bertz CT molecular complexity index is 567. The maximum absolute atomic E-state index is 12.1. The van der Waals surface area contributed by atoms with Crippen molar-refractivity contribution < 1.29 is 17.9 Å². The van der Waals surface area contributed by atoms with E-state index < -0.39 is 12.1 Å². The van der Waals surface area contributed by atoms with E-state index in [4.69, 9.17) is 28.8 Å². The van der Waals surface area contributed by atoms with Crippen LogP contribution in [0.5, 0.6) is 5.75 Å². The zero-order valence-corrected chi connectivity index (χ0v) is 11.0. The first-order chi connectivity index (χ1) is 9.08. The van der Waals surface area contributed by atoms with Gasteiger partial charge in [0.1, 0.15) is 5.75 Å². The molecule has 0 radical (unpaired) electrons. The number of hydrogen-bond acceptors (Lipinski definition) is 2. The highest BCUT2D eigenvalue weighted by atomic mass is 35.5. The van der Waals surface area contributed by atoms with Crippen LogP contribution in [0.1, 0.15) is 5.56 Å². The van der Waals surface area contributed by atoms with Crippen LogP contribution in [0.25, 0.3) is 0 Å². The molecule has 110 valence electrons. The zero-order chi connectivity index (χ0) is 15.5. The maximum Gasteiger partial charge on any atom is 0.573 e. The number of guanidine groups is 2. The molecule has 6 N–H and O–H groups in total. The van der Waals surface area contributed by atoms with Crippen molar-refractivity contribution in [1.82, 2.24) is 0 Å². The van der Waals surface area contributed by atoms with Crippen molar-refractivity contribution in [3.05, 3.63) is 22.7 Å². The number of hydrogen-bond donors (Lipinski definition) is 3. The number of aliphatic imine (C=N–C) groups is 2. The summed E-state index contributed by atoms with van der Waals surface area (Å²) in [5, 5.41) is -0.274. The first kappa shape index (κ1) is 15.9. The van der Waals surface area contributed by atoms with Crippen LogP contribution < -0.4 is 21.9 Å². The molecule has 0 saturated heterocycles. The quantitative estimate of drug-likeness (QED) is 0.571. The van der Waals surface area contributed by atoms with E-state index in [1.165, 1.54) is 6.92 Å². The first-order valence-electron chi connectivity index (χ1n) is 5.08. The van der Waals surface area contributed by atoms with Gasteiger partial charge in [-0.2, -0.15) is 4.99 Å². The number of alkyl halides is 3. The highest BCUT2D eigenvalue weighted by Crippen LogP contribution is 2.35. The second-order valence-corrected chi connectivity index (χ2v) is 4.03. The van der Waals surface area contributed by atoms with E-state index in [2.05, 4.69) is 14.7 Å². The molecule has 10 heteroatoms. The zero-order valence-electron chi connectivity index (χ0n) is 10.2. The van der Waals surface area contributed by atoms with Gasteiger partial charge in [-0.25, -0.2) is 4.99 Å². The Morgan fingerprint density at radius 2 is 1.85 bits per heavy atom. The minimum Gasteiger partial charge on any atom is -0.404 e. The third-order valence-electron chi connectivity index (χ3n) is 1.95. The monoisotopic (exact) mass is 309 g/mol. The van der Waals surface area contributed by atoms with Gasteiger partial charge in [-0.05, 0) is 24.6 Å². The molecular formula is C10H11ClF3N5O. The summed E-state index contributed by atoms with van der Waals surface area (Å²) >= 11 is 5.68. The van der Waals surface area contributed by atoms with Gasteiger partial charge in [0.2, 0.25) is 5.96 Å². The molecule has 1 aromatic rings. The second-order valence-electron chi connectivity index (χ2n) is 3.62. The highest BCUT2D eigenvalue weighted by molar-refractivity contribution is 6.32. The molecule has 6 nitrogen and oxygen atoms in total. The van der Waals surface area contributed by atoms with Crippen LogP contribution in [0.2, 0.25) is 5.02 Å². The van der Waals surface area contributed by atoms with Gasteiger partial charge in [-0.1, -0.05) is 11.6 Å². The van der Waals surface area contributed by atoms with E-state index >= 15 is 0 Å². The fraction of sp³-hybridized carbons (Fsp3) is 0.200. The smallest absolute Gasteiger partial charge is 0.404 e. The Labute approximate surface area is 117 Å². The van der Waals surface area contributed by atoms with E-state index in [-0.39, 0.29) is 22.6 Å². The molecule has 0 atom stereocenters. The SMILES string of the molecule is Cc1cc(OC(F)(F)F)c(Cl)cc1N=C(N)N=C(N)N. The fourth-order valence-corrected chi connectivity index (χ4v) is 1.45. The molecule has 0 spiro atoms. The summed E-state index contributed by atoms with van der Waals surface area (Å²) in [6.45, 7) is 1.50. The van der Waals surface area contributed by atoms with E-state index in [1.54, 1.807) is 0 Å². The molecule has 1 rings (SSSR count). The molecule has 0 aliphatic carbocycles. The Balaban J connectivity index is 3.15. The summed E-state index contributed by atoms with van der Waals surface area (Å²) in [6, 6.07) is 2.24. The number of nitrogens with two attached hydrogens (primary N) is 3. The van der Waals surface area contributed by atoms with Gasteiger partial charge in [-0.15, -0.1) is 13.2 Å². The molecule has 0 aliphatic rings. The largest absolute Gasteiger partial charge is 0.573 e. The van der Waals surface area contributed by atoms with Crippen LogP contribution in [0.15, 0.2) is 22.1 Å². The molecule has 0 amide bonds. The van der Waals surface area contributed by atoms with Crippen LogP contribution >= 0.6 is 11.6 Å². The minimum atomic E-state index is -4.84. The van der Waals surface area contributed by atoms with Crippen LogP contribution in [-0.4, -0.2) is 18.3 Å². The number of rotatable bonds is 2. The molecular weight excluding hydrogens is 299 g/mol. The summed E-state index contributed by atoms with van der Waals surface area (Å²) in [7, 11) is 0. The average Bonchev–Trinajstić information content (AvgIpc) is 2.22. The Morgan fingerprint density at radius 3 is 2.35 bits per heavy atom. The summed E-state index contributed by atoms with van der Waals surface area (Å²) < 4.78 is 40.2. The van der Waals surface area contributed by atoms with Crippen molar-refractivity contribution in [1.29, 1.82) is 0 Å². The third-order valence-corrected chi connectivity index (χ3v) is 2.25. The fourth-order valence-electron chi connectivity index (χ4n) is 1.25. The summed E-state index contributed by atoms with van der Waals surface area (Å²) in [4.78, 5) is 7.29. The van der Waals surface area contributed by atoms with Gasteiger partial charge in [-0.3, -0.25) is 0 Å². The van der Waals surface area contributed by atoms with Crippen molar-refractivity contribution in [3.8, 4) is 5.75 Å². The van der Waals surface area contributed by atoms with Crippen molar-refractivity contribution in [2.24, 2.45) is 27.2 Å². The van der Waals surface area contributed by atoms with Crippen molar-refractivity contribution >= 4 is 29.2 Å². The third kappa shape index (κ3) is 4.84. The number of ether oxygens (including phenoxy) is 1. The van der Waals surface area contributed by atoms with Gasteiger partial charge >= 0.3 is 6.36 Å². The normalized spacial score (nSPS) is 12.2. The Hall–Kier alpha value is -2.16. The standard InChI is InChI=1S/C10H11ClF3N5O/c1-4-2-7(20-10(12,13)14)5(11)3-6(4)18-9(17)19-8(15)16/h2-3H,1H3,(H6,15,16,17,18,19). The second kappa shape index (κ2) is 5.87. The van der Waals surface area contributed by atoms with Gasteiger partial charge in [0, 0.05) is 0 Å². The number of halogens is 4. The van der Waals surface area contributed by atoms with Crippen LogP contribution in [0.3, 0.4) is 0 Å². The lowest BCUT2D eigenvalue weighted by atomic mass is 10.2. The van der Waals surface area contributed by atoms with Gasteiger partial charge in [0.05, 0.1) is 10.7 Å². The molecule has 0 aliphatic heterocycles. The molecule has 0 heterocycles. The predicted molar refractivity (Wildman–Crippen MR) is 70.0 cm³/mol. The number of benzene rings is 1. The number of aryl methyl sites for hydroxylation is 1.